The number of rotatable bonds is 6. The molecule has 0 aromatic rings. The molecule has 0 aromatic carbocycles. The third-order valence-corrected chi connectivity index (χ3v) is 3.81. The zero-order chi connectivity index (χ0) is 10.2. The van der Waals surface area contributed by atoms with Crippen LogP contribution in [0.1, 0.15) is 19.3 Å². The largest absolute Gasteiger partial charge is 0.317 e. The quantitative estimate of drug-likeness (QED) is 0.680. The molecule has 0 aromatic heterocycles. The molecule has 0 amide bonds. The standard InChI is InChI=1S/C11H24N2S/c1-13(2)8-10-14-9-5-11-3-6-12-7-4-11/h11-12H,3-10H2,1-2H3. The molecule has 0 saturated carbocycles. The molecule has 0 aliphatic carbocycles. The molecule has 0 atom stereocenters. The van der Waals surface area contributed by atoms with Crippen molar-refractivity contribution in [1.29, 1.82) is 0 Å². The van der Waals surface area contributed by atoms with Crippen molar-refractivity contribution in [3.05, 3.63) is 0 Å². The Balaban J connectivity index is 1.87. The van der Waals surface area contributed by atoms with Gasteiger partial charge in [-0.3, -0.25) is 0 Å². The van der Waals surface area contributed by atoms with Crippen molar-refractivity contribution in [2.45, 2.75) is 19.3 Å². The van der Waals surface area contributed by atoms with Gasteiger partial charge in [-0.1, -0.05) is 0 Å². The van der Waals surface area contributed by atoms with Crippen molar-refractivity contribution in [3.63, 3.8) is 0 Å². The van der Waals surface area contributed by atoms with Gasteiger partial charge in [-0.15, -0.1) is 0 Å². The van der Waals surface area contributed by atoms with E-state index in [9.17, 15) is 0 Å². The number of hydrogen-bond acceptors (Lipinski definition) is 3. The summed E-state index contributed by atoms with van der Waals surface area (Å²) >= 11 is 2.11. The monoisotopic (exact) mass is 216 g/mol. The van der Waals surface area contributed by atoms with Crippen LogP contribution in [0, 0.1) is 5.92 Å². The lowest BCUT2D eigenvalue weighted by molar-refractivity contribution is 0.367. The van der Waals surface area contributed by atoms with Crippen LogP contribution >= 0.6 is 11.8 Å². The first-order chi connectivity index (χ1) is 6.79. The normalized spacial score (nSPS) is 19.1. The van der Waals surface area contributed by atoms with E-state index in [1.807, 2.05) is 0 Å². The van der Waals surface area contributed by atoms with Crippen LogP contribution in [-0.2, 0) is 0 Å². The van der Waals surface area contributed by atoms with E-state index in [0.29, 0.717) is 0 Å². The molecule has 1 fully saturated rings. The fourth-order valence-electron chi connectivity index (χ4n) is 1.77. The second kappa shape index (κ2) is 7.55. The SMILES string of the molecule is CN(C)CCSCCC1CCNCC1. The van der Waals surface area contributed by atoms with Crippen LogP contribution in [0.3, 0.4) is 0 Å². The van der Waals surface area contributed by atoms with Gasteiger partial charge in [-0.25, -0.2) is 0 Å². The Bertz CT molecular complexity index is 133. The number of hydrogen-bond donors (Lipinski definition) is 1. The van der Waals surface area contributed by atoms with E-state index in [-0.39, 0.29) is 0 Å². The molecule has 14 heavy (non-hydrogen) atoms. The smallest absolute Gasteiger partial charge is 0.00662 e. The van der Waals surface area contributed by atoms with Gasteiger partial charge in [0.15, 0.2) is 0 Å². The van der Waals surface area contributed by atoms with Crippen molar-refractivity contribution in [1.82, 2.24) is 10.2 Å². The first-order valence-corrected chi connectivity index (χ1v) is 6.87. The molecule has 1 heterocycles. The Morgan fingerprint density at radius 1 is 1.21 bits per heavy atom. The minimum Gasteiger partial charge on any atom is -0.317 e. The van der Waals surface area contributed by atoms with Crippen LogP contribution in [0.4, 0.5) is 0 Å². The molecule has 1 aliphatic rings. The predicted octanol–water partition coefficient (Wildman–Crippen LogP) is 1.67. The molecule has 0 spiro atoms. The van der Waals surface area contributed by atoms with Crippen molar-refractivity contribution >= 4 is 11.8 Å². The average molecular weight is 216 g/mol. The van der Waals surface area contributed by atoms with E-state index in [2.05, 4.69) is 36.1 Å². The molecule has 1 rings (SSSR count). The van der Waals surface area contributed by atoms with Gasteiger partial charge in [-0.2, -0.15) is 11.8 Å². The Kier molecular flexibility index (Phi) is 6.65. The number of nitrogens with zero attached hydrogens (tertiary/aromatic N) is 1. The Morgan fingerprint density at radius 2 is 1.93 bits per heavy atom. The second-order valence-corrected chi connectivity index (χ2v) is 5.62. The fourth-order valence-corrected chi connectivity index (χ4v) is 2.97. The van der Waals surface area contributed by atoms with Gasteiger partial charge in [0.25, 0.3) is 0 Å². The van der Waals surface area contributed by atoms with Crippen LogP contribution in [0.2, 0.25) is 0 Å². The van der Waals surface area contributed by atoms with Gasteiger partial charge in [-0.05, 0) is 58.1 Å². The summed E-state index contributed by atoms with van der Waals surface area (Å²) in [6.45, 7) is 3.71. The summed E-state index contributed by atoms with van der Waals surface area (Å²) in [5.74, 6) is 3.65. The highest BCUT2D eigenvalue weighted by Gasteiger charge is 2.11. The summed E-state index contributed by atoms with van der Waals surface area (Å²) in [6, 6.07) is 0. The molecule has 3 heteroatoms. The third-order valence-electron chi connectivity index (χ3n) is 2.81. The minimum atomic E-state index is 1.00. The third kappa shape index (κ3) is 5.89. The Morgan fingerprint density at radius 3 is 2.57 bits per heavy atom. The van der Waals surface area contributed by atoms with Gasteiger partial charge < -0.3 is 10.2 Å². The van der Waals surface area contributed by atoms with Crippen LogP contribution in [-0.4, -0.2) is 50.1 Å². The number of piperidine rings is 1. The number of nitrogens with one attached hydrogen (secondary N) is 1. The van der Waals surface area contributed by atoms with E-state index >= 15 is 0 Å². The summed E-state index contributed by atoms with van der Waals surface area (Å²) in [5, 5.41) is 3.42. The summed E-state index contributed by atoms with van der Waals surface area (Å²) in [4.78, 5) is 2.26. The Hall–Kier alpha value is 0.270. The van der Waals surface area contributed by atoms with E-state index in [1.54, 1.807) is 0 Å². The zero-order valence-corrected chi connectivity index (χ0v) is 10.4. The van der Waals surface area contributed by atoms with Gasteiger partial charge in [0.2, 0.25) is 0 Å². The lowest BCUT2D eigenvalue weighted by Gasteiger charge is -2.22. The zero-order valence-electron chi connectivity index (χ0n) is 9.59. The highest BCUT2D eigenvalue weighted by molar-refractivity contribution is 7.99. The lowest BCUT2D eigenvalue weighted by Crippen LogP contribution is -2.28. The van der Waals surface area contributed by atoms with Gasteiger partial charge in [0.05, 0.1) is 0 Å². The molecule has 0 unspecified atom stereocenters. The Labute approximate surface area is 92.8 Å². The number of thioether (sulfide) groups is 1. The molecule has 84 valence electrons. The fraction of sp³-hybridized carbons (Fsp3) is 1.00. The molecule has 0 radical (unpaired) electrons. The highest BCUT2D eigenvalue weighted by atomic mass is 32.2. The van der Waals surface area contributed by atoms with Crippen LogP contribution in [0.5, 0.6) is 0 Å². The topological polar surface area (TPSA) is 15.3 Å². The molecule has 0 bridgehead atoms. The second-order valence-electron chi connectivity index (χ2n) is 4.40. The molecular formula is C11H24N2S. The van der Waals surface area contributed by atoms with Gasteiger partial charge in [0.1, 0.15) is 0 Å². The van der Waals surface area contributed by atoms with Crippen molar-refractivity contribution in [2.24, 2.45) is 5.92 Å². The van der Waals surface area contributed by atoms with E-state index in [1.165, 1.54) is 50.4 Å². The van der Waals surface area contributed by atoms with E-state index < -0.39 is 0 Å². The first kappa shape index (κ1) is 12.3. The molecule has 1 saturated heterocycles. The van der Waals surface area contributed by atoms with Crippen LogP contribution in [0.15, 0.2) is 0 Å². The van der Waals surface area contributed by atoms with Crippen molar-refractivity contribution in [2.75, 3.05) is 45.2 Å². The van der Waals surface area contributed by atoms with Crippen LogP contribution < -0.4 is 5.32 Å². The summed E-state index contributed by atoms with van der Waals surface area (Å²) in [5.41, 5.74) is 0. The van der Waals surface area contributed by atoms with Crippen molar-refractivity contribution < 1.29 is 0 Å². The summed E-state index contributed by atoms with van der Waals surface area (Å²) in [6.07, 6.45) is 4.22. The minimum absolute atomic E-state index is 1.00. The van der Waals surface area contributed by atoms with Gasteiger partial charge in [0, 0.05) is 12.3 Å². The molecule has 2 nitrogen and oxygen atoms in total. The molecular weight excluding hydrogens is 192 g/mol. The lowest BCUT2D eigenvalue weighted by atomic mass is 9.96. The maximum atomic E-state index is 3.42. The van der Waals surface area contributed by atoms with E-state index in [4.69, 9.17) is 0 Å². The van der Waals surface area contributed by atoms with Gasteiger partial charge >= 0.3 is 0 Å². The first-order valence-electron chi connectivity index (χ1n) is 5.72. The summed E-state index contributed by atoms with van der Waals surface area (Å²) < 4.78 is 0. The maximum Gasteiger partial charge on any atom is 0.00662 e. The van der Waals surface area contributed by atoms with Crippen molar-refractivity contribution in [3.8, 4) is 0 Å². The van der Waals surface area contributed by atoms with Crippen LogP contribution in [0.25, 0.3) is 0 Å². The molecule has 1 aliphatic heterocycles. The maximum absolute atomic E-state index is 3.42. The van der Waals surface area contributed by atoms with E-state index in [0.717, 1.165) is 5.92 Å². The highest BCUT2D eigenvalue weighted by Crippen LogP contribution is 2.18. The average Bonchev–Trinajstić information content (AvgIpc) is 2.18. The predicted molar refractivity (Wildman–Crippen MR) is 66.1 cm³/mol. The summed E-state index contributed by atoms with van der Waals surface area (Å²) in [7, 11) is 4.29. The molecule has 1 N–H and O–H groups in total.